The summed E-state index contributed by atoms with van der Waals surface area (Å²) in [6.45, 7) is 2.14. The van der Waals surface area contributed by atoms with E-state index in [2.05, 4.69) is 21.2 Å². The molecule has 126 valence electrons. The minimum Gasteiger partial charge on any atom is -0.455 e. The summed E-state index contributed by atoms with van der Waals surface area (Å²) in [7, 11) is 0. The number of hydrogen-bond donors (Lipinski definition) is 1. The van der Waals surface area contributed by atoms with Crippen LogP contribution in [0.1, 0.15) is 11.1 Å². The van der Waals surface area contributed by atoms with E-state index in [0.717, 1.165) is 20.5 Å². The van der Waals surface area contributed by atoms with Gasteiger partial charge in [0.05, 0.1) is 5.75 Å². The molecular formula is C18H18BrNO3S. The van der Waals surface area contributed by atoms with Crippen LogP contribution in [-0.4, -0.2) is 24.2 Å². The minimum atomic E-state index is -0.405. The molecule has 0 unspecified atom stereocenters. The van der Waals surface area contributed by atoms with Crippen LogP contribution in [0, 0.1) is 6.92 Å². The highest BCUT2D eigenvalue weighted by atomic mass is 79.9. The van der Waals surface area contributed by atoms with Gasteiger partial charge in [0.2, 0.25) is 0 Å². The zero-order valence-electron chi connectivity index (χ0n) is 13.3. The Labute approximate surface area is 154 Å². The Balaban J connectivity index is 1.68. The summed E-state index contributed by atoms with van der Waals surface area (Å²) in [4.78, 5) is 24.4. The Morgan fingerprint density at radius 1 is 1.17 bits per heavy atom. The van der Waals surface area contributed by atoms with Crippen molar-refractivity contribution in [3.05, 3.63) is 64.1 Å². The number of halogens is 1. The SMILES string of the molecule is Cc1cc(Br)ccc1SCC(=O)OCC(=O)NCc1ccccc1. The predicted octanol–water partition coefficient (Wildman–Crippen LogP) is 3.71. The third-order valence-electron chi connectivity index (χ3n) is 3.18. The Kier molecular flexibility index (Phi) is 7.34. The largest absolute Gasteiger partial charge is 0.455 e. The fraction of sp³-hybridized carbons (Fsp3) is 0.222. The summed E-state index contributed by atoms with van der Waals surface area (Å²) >= 11 is 4.80. The summed E-state index contributed by atoms with van der Waals surface area (Å²) in [5, 5.41) is 2.72. The van der Waals surface area contributed by atoms with Crippen molar-refractivity contribution < 1.29 is 14.3 Å². The van der Waals surface area contributed by atoms with Crippen molar-refractivity contribution in [3.8, 4) is 0 Å². The Bertz CT molecular complexity index is 707. The predicted molar refractivity (Wildman–Crippen MR) is 98.9 cm³/mol. The van der Waals surface area contributed by atoms with E-state index in [-0.39, 0.29) is 18.3 Å². The molecule has 0 spiro atoms. The lowest BCUT2D eigenvalue weighted by Crippen LogP contribution is -2.28. The monoisotopic (exact) mass is 407 g/mol. The molecule has 0 saturated heterocycles. The van der Waals surface area contributed by atoms with Crippen molar-refractivity contribution >= 4 is 39.6 Å². The number of amides is 1. The van der Waals surface area contributed by atoms with Gasteiger partial charge in [0.1, 0.15) is 0 Å². The first-order chi connectivity index (χ1) is 11.5. The number of nitrogens with one attached hydrogen (secondary N) is 1. The number of esters is 1. The van der Waals surface area contributed by atoms with Gasteiger partial charge in [-0.1, -0.05) is 46.3 Å². The Morgan fingerprint density at radius 2 is 1.92 bits per heavy atom. The molecule has 0 saturated carbocycles. The number of rotatable bonds is 7. The van der Waals surface area contributed by atoms with Crippen LogP contribution in [0.15, 0.2) is 57.9 Å². The van der Waals surface area contributed by atoms with Gasteiger partial charge in [-0.25, -0.2) is 0 Å². The Hall–Kier alpha value is -1.79. The van der Waals surface area contributed by atoms with Crippen LogP contribution in [0.4, 0.5) is 0 Å². The molecule has 0 bridgehead atoms. The van der Waals surface area contributed by atoms with Crippen LogP contribution in [0.5, 0.6) is 0 Å². The minimum absolute atomic E-state index is 0.175. The number of hydrogen-bond acceptors (Lipinski definition) is 4. The molecule has 0 atom stereocenters. The van der Waals surface area contributed by atoms with Crippen molar-refractivity contribution in [2.75, 3.05) is 12.4 Å². The van der Waals surface area contributed by atoms with E-state index < -0.39 is 5.97 Å². The maximum atomic E-state index is 11.7. The van der Waals surface area contributed by atoms with Gasteiger partial charge in [-0.3, -0.25) is 9.59 Å². The third-order valence-corrected chi connectivity index (χ3v) is 4.82. The molecule has 1 N–H and O–H groups in total. The first-order valence-electron chi connectivity index (χ1n) is 7.40. The zero-order chi connectivity index (χ0) is 17.4. The quantitative estimate of drug-likeness (QED) is 0.561. The highest BCUT2D eigenvalue weighted by Gasteiger charge is 2.09. The van der Waals surface area contributed by atoms with Crippen LogP contribution < -0.4 is 5.32 Å². The molecular weight excluding hydrogens is 390 g/mol. The topological polar surface area (TPSA) is 55.4 Å². The average Bonchev–Trinajstić information content (AvgIpc) is 2.58. The van der Waals surface area contributed by atoms with Crippen molar-refractivity contribution in [1.29, 1.82) is 0 Å². The van der Waals surface area contributed by atoms with Gasteiger partial charge >= 0.3 is 5.97 Å². The smallest absolute Gasteiger partial charge is 0.316 e. The van der Waals surface area contributed by atoms with E-state index in [0.29, 0.717) is 6.54 Å². The second-order valence-corrected chi connectivity index (χ2v) is 7.05. The summed E-state index contributed by atoms with van der Waals surface area (Å²) in [5.74, 6) is -0.539. The van der Waals surface area contributed by atoms with Crippen LogP contribution in [-0.2, 0) is 20.9 Å². The second-order valence-electron chi connectivity index (χ2n) is 5.12. The number of carbonyl (C=O) groups excluding carboxylic acids is 2. The number of carbonyl (C=O) groups is 2. The van der Waals surface area contributed by atoms with E-state index in [1.807, 2.05) is 55.5 Å². The standard InChI is InChI=1S/C18H18BrNO3S/c1-13-9-15(19)7-8-16(13)24-12-18(22)23-11-17(21)20-10-14-5-3-2-4-6-14/h2-9H,10-12H2,1H3,(H,20,21). The molecule has 0 heterocycles. The highest BCUT2D eigenvalue weighted by molar-refractivity contribution is 9.10. The molecule has 0 aliphatic carbocycles. The summed E-state index contributed by atoms with van der Waals surface area (Å²) in [5.41, 5.74) is 2.08. The molecule has 1 amide bonds. The maximum Gasteiger partial charge on any atom is 0.316 e. The van der Waals surface area contributed by atoms with E-state index in [1.165, 1.54) is 11.8 Å². The average molecular weight is 408 g/mol. The Morgan fingerprint density at radius 3 is 2.62 bits per heavy atom. The first-order valence-corrected chi connectivity index (χ1v) is 9.17. The van der Waals surface area contributed by atoms with Crippen molar-refractivity contribution in [1.82, 2.24) is 5.32 Å². The third kappa shape index (κ3) is 6.37. The number of ether oxygens (including phenoxy) is 1. The van der Waals surface area contributed by atoms with Gasteiger partial charge in [0.25, 0.3) is 5.91 Å². The molecule has 0 fully saturated rings. The molecule has 6 heteroatoms. The summed E-state index contributed by atoms with van der Waals surface area (Å²) in [6, 6.07) is 15.4. The van der Waals surface area contributed by atoms with Gasteiger partial charge in [-0.2, -0.15) is 0 Å². The molecule has 0 radical (unpaired) electrons. The van der Waals surface area contributed by atoms with E-state index >= 15 is 0 Å². The molecule has 24 heavy (non-hydrogen) atoms. The lowest BCUT2D eigenvalue weighted by molar-refractivity contribution is -0.145. The molecule has 0 aliphatic heterocycles. The lowest BCUT2D eigenvalue weighted by Gasteiger charge is -2.08. The highest BCUT2D eigenvalue weighted by Crippen LogP contribution is 2.25. The van der Waals surface area contributed by atoms with Gasteiger partial charge in [-0.15, -0.1) is 11.8 Å². The van der Waals surface area contributed by atoms with Crippen molar-refractivity contribution in [3.63, 3.8) is 0 Å². The molecule has 2 aromatic rings. The number of benzene rings is 2. The van der Waals surface area contributed by atoms with Crippen LogP contribution in [0.2, 0.25) is 0 Å². The number of aryl methyl sites for hydroxylation is 1. The van der Waals surface area contributed by atoms with Crippen LogP contribution in [0.3, 0.4) is 0 Å². The number of thioether (sulfide) groups is 1. The fourth-order valence-electron chi connectivity index (χ4n) is 1.95. The normalized spacial score (nSPS) is 10.2. The lowest BCUT2D eigenvalue weighted by atomic mass is 10.2. The molecule has 0 aliphatic rings. The van der Waals surface area contributed by atoms with Gasteiger partial charge in [0, 0.05) is 15.9 Å². The van der Waals surface area contributed by atoms with E-state index in [9.17, 15) is 9.59 Å². The first kappa shape index (κ1) is 18.5. The fourth-order valence-corrected chi connectivity index (χ4v) is 3.23. The molecule has 2 aromatic carbocycles. The second kappa shape index (κ2) is 9.49. The van der Waals surface area contributed by atoms with Gasteiger partial charge in [0.15, 0.2) is 6.61 Å². The van der Waals surface area contributed by atoms with Crippen molar-refractivity contribution in [2.45, 2.75) is 18.4 Å². The van der Waals surface area contributed by atoms with Gasteiger partial charge in [-0.05, 0) is 36.2 Å². The van der Waals surface area contributed by atoms with Crippen LogP contribution >= 0.6 is 27.7 Å². The molecule has 0 aromatic heterocycles. The summed E-state index contributed by atoms with van der Waals surface area (Å²) < 4.78 is 6.00. The molecule has 4 nitrogen and oxygen atoms in total. The maximum absolute atomic E-state index is 11.7. The van der Waals surface area contributed by atoms with E-state index in [4.69, 9.17) is 4.74 Å². The zero-order valence-corrected chi connectivity index (χ0v) is 15.7. The van der Waals surface area contributed by atoms with Gasteiger partial charge < -0.3 is 10.1 Å². The van der Waals surface area contributed by atoms with E-state index in [1.54, 1.807) is 0 Å². The van der Waals surface area contributed by atoms with Crippen LogP contribution in [0.25, 0.3) is 0 Å². The summed E-state index contributed by atoms with van der Waals surface area (Å²) in [6.07, 6.45) is 0. The van der Waals surface area contributed by atoms with Crippen molar-refractivity contribution in [2.24, 2.45) is 0 Å². The molecule has 2 rings (SSSR count).